The SMILES string of the molecule is Cc1ccc(C(=O)OC2(C)C=Cc3cccc4c3C(=C2)C(=O)N(OS(=O)(=O)C(F)(F)F)C4=O)c(C(=O)O)c1. The summed E-state index contributed by atoms with van der Waals surface area (Å²) in [4.78, 5) is 50.5. The molecule has 2 aliphatic rings. The van der Waals surface area contributed by atoms with Crippen LogP contribution in [0.2, 0.25) is 0 Å². The fourth-order valence-corrected chi connectivity index (χ4v) is 4.29. The zero-order valence-corrected chi connectivity index (χ0v) is 20.2. The second kappa shape index (κ2) is 8.92. The summed E-state index contributed by atoms with van der Waals surface area (Å²) in [6.45, 7) is 2.90. The number of aryl methyl sites for hydroxylation is 1. The lowest BCUT2D eigenvalue weighted by Crippen LogP contribution is -2.45. The van der Waals surface area contributed by atoms with Gasteiger partial charge >= 0.3 is 27.6 Å². The highest BCUT2D eigenvalue weighted by atomic mass is 32.2. The first kappa shape index (κ1) is 26.8. The summed E-state index contributed by atoms with van der Waals surface area (Å²) in [6.07, 6.45) is 3.68. The second-order valence-corrected chi connectivity index (χ2v) is 9.99. The zero-order valence-electron chi connectivity index (χ0n) is 19.4. The second-order valence-electron chi connectivity index (χ2n) is 8.47. The zero-order chi connectivity index (χ0) is 28.2. The summed E-state index contributed by atoms with van der Waals surface area (Å²) >= 11 is 0. The number of imide groups is 1. The van der Waals surface area contributed by atoms with Crippen molar-refractivity contribution in [3.8, 4) is 0 Å². The van der Waals surface area contributed by atoms with Crippen LogP contribution in [0, 0.1) is 6.92 Å². The molecule has 38 heavy (non-hydrogen) atoms. The van der Waals surface area contributed by atoms with E-state index >= 15 is 0 Å². The third-order valence-electron chi connectivity index (χ3n) is 5.61. The summed E-state index contributed by atoms with van der Waals surface area (Å²) in [7, 11) is -6.40. The molecule has 1 aliphatic carbocycles. The number of aromatic carboxylic acids is 1. The number of amides is 2. The Bertz CT molecular complexity index is 1590. The predicted octanol–water partition coefficient (Wildman–Crippen LogP) is 3.48. The molecule has 1 unspecified atom stereocenters. The molecule has 1 atom stereocenters. The van der Waals surface area contributed by atoms with Crippen molar-refractivity contribution in [3.05, 3.63) is 81.9 Å². The summed E-state index contributed by atoms with van der Waals surface area (Å²) in [5, 5.41) is 8.94. The number of ether oxygens (including phenoxy) is 1. The number of carboxylic acid groups (broad SMARTS) is 1. The molecule has 14 heteroatoms. The van der Waals surface area contributed by atoms with Gasteiger partial charge in [0, 0.05) is 5.56 Å². The Labute approximate surface area is 212 Å². The van der Waals surface area contributed by atoms with Gasteiger partial charge in [-0.15, -0.1) is 9.35 Å². The first-order valence-electron chi connectivity index (χ1n) is 10.6. The van der Waals surface area contributed by atoms with Gasteiger partial charge in [-0.3, -0.25) is 9.59 Å². The number of esters is 1. The highest BCUT2D eigenvalue weighted by Gasteiger charge is 2.52. The Morgan fingerprint density at radius 2 is 1.74 bits per heavy atom. The smallest absolute Gasteiger partial charge is 0.478 e. The van der Waals surface area contributed by atoms with Crippen molar-refractivity contribution in [2.45, 2.75) is 25.0 Å². The minimum Gasteiger partial charge on any atom is -0.478 e. The number of halogens is 3. The summed E-state index contributed by atoms with van der Waals surface area (Å²) in [6, 6.07) is 7.89. The molecule has 0 saturated carbocycles. The molecule has 198 valence electrons. The molecule has 2 amide bonds. The minimum atomic E-state index is -6.40. The number of alkyl halides is 3. The Balaban J connectivity index is 1.81. The van der Waals surface area contributed by atoms with Gasteiger partial charge < -0.3 is 9.84 Å². The van der Waals surface area contributed by atoms with Gasteiger partial charge in [-0.1, -0.05) is 29.8 Å². The Kier molecular flexibility index (Phi) is 6.28. The van der Waals surface area contributed by atoms with Gasteiger partial charge in [-0.2, -0.15) is 21.6 Å². The molecule has 4 rings (SSSR count). The molecule has 1 N–H and O–H groups in total. The minimum absolute atomic E-state index is 0.0515. The van der Waals surface area contributed by atoms with Crippen LogP contribution in [0.4, 0.5) is 13.2 Å². The van der Waals surface area contributed by atoms with Gasteiger partial charge in [0.2, 0.25) is 0 Å². The molecule has 2 aromatic carbocycles. The van der Waals surface area contributed by atoms with Gasteiger partial charge in [0.05, 0.1) is 22.3 Å². The van der Waals surface area contributed by atoms with Crippen molar-refractivity contribution >= 4 is 45.5 Å². The summed E-state index contributed by atoms with van der Waals surface area (Å²) < 4.78 is 71.3. The van der Waals surface area contributed by atoms with Crippen LogP contribution in [-0.4, -0.2) is 53.4 Å². The van der Waals surface area contributed by atoms with E-state index in [-0.39, 0.29) is 27.8 Å². The predicted molar refractivity (Wildman–Crippen MR) is 123 cm³/mol. The highest BCUT2D eigenvalue weighted by molar-refractivity contribution is 7.87. The van der Waals surface area contributed by atoms with Crippen LogP contribution in [0.1, 0.15) is 54.7 Å². The van der Waals surface area contributed by atoms with E-state index in [0.717, 1.165) is 12.1 Å². The number of carboxylic acids is 1. The molecule has 0 fully saturated rings. The van der Waals surface area contributed by atoms with E-state index in [9.17, 15) is 45.9 Å². The molecular weight excluding hydrogens is 535 g/mol. The van der Waals surface area contributed by atoms with E-state index in [4.69, 9.17) is 4.74 Å². The Morgan fingerprint density at radius 1 is 1.05 bits per heavy atom. The maximum atomic E-state index is 13.1. The van der Waals surface area contributed by atoms with Crippen LogP contribution < -0.4 is 0 Å². The number of rotatable bonds is 5. The fourth-order valence-electron chi connectivity index (χ4n) is 3.87. The van der Waals surface area contributed by atoms with Gasteiger partial charge in [0.1, 0.15) is 5.60 Å². The van der Waals surface area contributed by atoms with Crippen molar-refractivity contribution in [1.82, 2.24) is 5.06 Å². The molecular formula is C24H16F3NO9S. The molecule has 0 spiro atoms. The van der Waals surface area contributed by atoms with Crippen molar-refractivity contribution in [3.63, 3.8) is 0 Å². The van der Waals surface area contributed by atoms with Crippen LogP contribution in [-0.2, 0) is 23.9 Å². The van der Waals surface area contributed by atoms with Gasteiger partial charge in [-0.25, -0.2) is 9.59 Å². The number of hydrogen-bond acceptors (Lipinski definition) is 8. The first-order valence-corrected chi connectivity index (χ1v) is 12.0. The molecule has 0 aromatic heterocycles. The van der Waals surface area contributed by atoms with Crippen LogP contribution in [0.15, 0.2) is 48.6 Å². The van der Waals surface area contributed by atoms with E-state index in [2.05, 4.69) is 4.28 Å². The van der Waals surface area contributed by atoms with E-state index in [1.165, 1.54) is 49.4 Å². The number of hydroxylamine groups is 2. The number of hydrogen-bond donors (Lipinski definition) is 1. The number of carbonyl (C=O) groups excluding carboxylic acids is 3. The number of nitrogens with zero attached hydrogens (tertiary/aromatic N) is 1. The van der Waals surface area contributed by atoms with Crippen LogP contribution in [0.3, 0.4) is 0 Å². The molecule has 2 aromatic rings. The average molecular weight is 551 g/mol. The van der Waals surface area contributed by atoms with Gasteiger partial charge in [-0.05, 0) is 49.8 Å². The lowest BCUT2D eigenvalue weighted by atomic mass is 9.89. The van der Waals surface area contributed by atoms with Gasteiger partial charge in [0.15, 0.2) is 0 Å². The first-order chi connectivity index (χ1) is 17.5. The Morgan fingerprint density at radius 3 is 2.37 bits per heavy atom. The van der Waals surface area contributed by atoms with Crippen molar-refractivity contribution < 1.29 is 54.9 Å². The van der Waals surface area contributed by atoms with Crippen molar-refractivity contribution in [2.24, 2.45) is 0 Å². The lowest BCUT2D eigenvalue weighted by Gasteiger charge is -2.29. The van der Waals surface area contributed by atoms with E-state index < -0.39 is 55.6 Å². The molecule has 0 radical (unpaired) electrons. The fraction of sp³-hybridized carbons (Fsp3) is 0.167. The molecule has 1 aliphatic heterocycles. The quantitative estimate of drug-likeness (QED) is 0.335. The van der Waals surface area contributed by atoms with Crippen LogP contribution in [0.25, 0.3) is 11.6 Å². The molecule has 0 saturated heterocycles. The third kappa shape index (κ3) is 4.59. The Hall–Kier alpha value is -4.30. The largest absolute Gasteiger partial charge is 0.525 e. The van der Waals surface area contributed by atoms with Gasteiger partial charge in [0.25, 0.3) is 11.8 Å². The van der Waals surface area contributed by atoms with Crippen LogP contribution >= 0.6 is 0 Å². The summed E-state index contributed by atoms with van der Waals surface area (Å²) in [5.41, 5.74) is -8.53. The van der Waals surface area contributed by atoms with E-state index in [0.29, 0.717) is 5.56 Å². The molecule has 1 heterocycles. The average Bonchev–Trinajstić information content (AvgIpc) is 2.96. The van der Waals surface area contributed by atoms with E-state index in [1.807, 2.05) is 0 Å². The topological polar surface area (TPSA) is 144 Å². The van der Waals surface area contributed by atoms with Crippen molar-refractivity contribution in [2.75, 3.05) is 0 Å². The maximum absolute atomic E-state index is 13.1. The monoisotopic (exact) mass is 551 g/mol. The molecule has 0 bridgehead atoms. The van der Waals surface area contributed by atoms with Crippen LogP contribution in [0.5, 0.6) is 0 Å². The number of carbonyl (C=O) groups is 4. The number of benzene rings is 2. The maximum Gasteiger partial charge on any atom is 0.525 e. The van der Waals surface area contributed by atoms with E-state index in [1.54, 1.807) is 6.92 Å². The third-order valence-corrected chi connectivity index (χ3v) is 6.53. The normalized spacial score (nSPS) is 19.0. The van der Waals surface area contributed by atoms with Crippen molar-refractivity contribution in [1.29, 1.82) is 0 Å². The summed E-state index contributed by atoms with van der Waals surface area (Å²) in [5.74, 6) is -5.53. The lowest BCUT2D eigenvalue weighted by molar-refractivity contribution is -0.144. The molecule has 10 nitrogen and oxygen atoms in total. The highest BCUT2D eigenvalue weighted by Crippen LogP contribution is 2.39. The standard InChI is InChI=1S/C24H16F3NO9S/c1-12-6-7-14(16(10-12)21(31)32)22(33)36-23(2)9-8-13-4-3-5-15-18(13)17(11-23)20(30)28(19(15)29)37-38(34,35)24(25,26)27/h3-11H,1-2H3,(H,31,32).